The lowest BCUT2D eigenvalue weighted by Crippen LogP contribution is -1.99. The molecule has 2 aromatic rings. The first kappa shape index (κ1) is 12.9. The Morgan fingerprint density at radius 3 is 2.39 bits per heavy atom. The fourth-order valence-electron chi connectivity index (χ4n) is 1.59. The van der Waals surface area contributed by atoms with Gasteiger partial charge >= 0.3 is 0 Å². The Balaban J connectivity index is 2.43. The van der Waals surface area contributed by atoms with E-state index in [9.17, 15) is 0 Å². The molecule has 6 heteroatoms. The zero-order valence-corrected chi connectivity index (χ0v) is 11.4. The van der Waals surface area contributed by atoms with E-state index in [1.807, 2.05) is 26.0 Å². The van der Waals surface area contributed by atoms with Crippen LogP contribution in [0.1, 0.15) is 11.1 Å². The molecule has 0 saturated carbocycles. The SMILES string of the molecule is Cc1cc(Cl)cc(C)c1Oc1nc(Cl)ncc1N. The van der Waals surface area contributed by atoms with Gasteiger partial charge < -0.3 is 10.5 Å². The van der Waals surface area contributed by atoms with Gasteiger partial charge in [-0.05, 0) is 48.7 Å². The fourth-order valence-corrected chi connectivity index (χ4v) is 2.04. The molecule has 1 aromatic carbocycles. The van der Waals surface area contributed by atoms with Crippen LogP contribution in [-0.4, -0.2) is 9.97 Å². The van der Waals surface area contributed by atoms with Crippen molar-refractivity contribution >= 4 is 28.9 Å². The summed E-state index contributed by atoms with van der Waals surface area (Å²) in [4.78, 5) is 7.71. The highest BCUT2D eigenvalue weighted by Gasteiger charge is 2.11. The molecule has 0 saturated heterocycles. The average molecular weight is 284 g/mol. The normalized spacial score (nSPS) is 10.4. The number of benzene rings is 1. The number of hydrogen-bond donors (Lipinski definition) is 1. The van der Waals surface area contributed by atoms with E-state index in [0.29, 0.717) is 16.5 Å². The number of hydrogen-bond acceptors (Lipinski definition) is 4. The smallest absolute Gasteiger partial charge is 0.247 e. The van der Waals surface area contributed by atoms with Gasteiger partial charge in [-0.25, -0.2) is 4.98 Å². The molecule has 0 aliphatic heterocycles. The summed E-state index contributed by atoms with van der Waals surface area (Å²) in [6, 6.07) is 3.62. The Morgan fingerprint density at radius 1 is 1.17 bits per heavy atom. The van der Waals surface area contributed by atoms with Crippen LogP contribution in [0.15, 0.2) is 18.3 Å². The van der Waals surface area contributed by atoms with Crippen molar-refractivity contribution in [3.8, 4) is 11.6 Å². The van der Waals surface area contributed by atoms with Crippen LogP contribution in [-0.2, 0) is 0 Å². The van der Waals surface area contributed by atoms with Gasteiger partial charge in [0.05, 0.1) is 6.20 Å². The molecule has 18 heavy (non-hydrogen) atoms. The van der Waals surface area contributed by atoms with Crippen LogP contribution in [0.5, 0.6) is 11.6 Å². The van der Waals surface area contributed by atoms with Crippen molar-refractivity contribution in [1.29, 1.82) is 0 Å². The second-order valence-electron chi connectivity index (χ2n) is 3.87. The van der Waals surface area contributed by atoms with Crippen LogP contribution >= 0.6 is 23.2 Å². The summed E-state index contributed by atoms with van der Waals surface area (Å²) in [5, 5.41) is 0.745. The Kier molecular flexibility index (Phi) is 3.59. The second-order valence-corrected chi connectivity index (χ2v) is 4.64. The molecule has 0 atom stereocenters. The monoisotopic (exact) mass is 283 g/mol. The minimum Gasteiger partial charge on any atom is -0.436 e. The molecule has 0 fully saturated rings. The molecule has 0 unspecified atom stereocenters. The third kappa shape index (κ3) is 2.66. The summed E-state index contributed by atoms with van der Waals surface area (Å²) in [7, 11) is 0. The summed E-state index contributed by atoms with van der Waals surface area (Å²) in [6.07, 6.45) is 1.41. The van der Waals surface area contributed by atoms with Crippen LogP contribution in [0.2, 0.25) is 10.3 Å². The lowest BCUT2D eigenvalue weighted by Gasteiger charge is -2.12. The van der Waals surface area contributed by atoms with E-state index >= 15 is 0 Å². The maximum absolute atomic E-state index is 5.95. The van der Waals surface area contributed by atoms with Gasteiger partial charge in [0.1, 0.15) is 11.4 Å². The summed E-state index contributed by atoms with van der Waals surface area (Å²) >= 11 is 11.7. The Labute approximate surface area is 115 Å². The molecule has 94 valence electrons. The highest BCUT2D eigenvalue weighted by molar-refractivity contribution is 6.30. The van der Waals surface area contributed by atoms with Gasteiger partial charge in [-0.15, -0.1) is 0 Å². The van der Waals surface area contributed by atoms with Crippen LogP contribution in [0.3, 0.4) is 0 Å². The van der Waals surface area contributed by atoms with Crippen LogP contribution in [0, 0.1) is 13.8 Å². The third-order valence-electron chi connectivity index (χ3n) is 2.37. The van der Waals surface area contributed by atoms with Crippen LogP contribution in [0.4, 0.5) is 5.69 Å². The molecule has 1 aromatic heterocycles. The van der Waals surface area contributed by atoms with Crippen molar-refractivity contribution < 1.29 is 4.74 Å². The minimum absolute atomic E-state index is 0.0865. The molecule has 2 rings (SSSR count). The molecule has 0 amide bonds. The number of nitrogens with two attached hydrogens (primary N) is 1. The van der Waals surface area contributed by atoms with E-state index in [1.54, 1.807) is 0 Å². The van der Waals surface area contributed by atoms with Crippen molar-refractivity contribution in [2.24, 2.45) is 0 Å². The molecule has 2 N–H and O–H groups in total. The van der Waals surface area contributed by atoms with Gasteiger partial charge in [-0.3, -0.25) is 0 Å². The Bertz CT molecular complexity index is 579. The predicted molar refractivity (Wildman–Crippen MR) is 72.5 cm³/mol. The van der Waals surface area contributed by atoms with Crippen LogP contribution in [0.25, 0.3) is 0 Å². The number of nitrogen functional groups attached to an aromatic ring is 1. The summed E-state index contributed by atoms with van der Waals surface area (Å²) < 4.78 is 5.69. The van der Waals surface area contributed by atoms with Crippen molar-refractivity contribution in [3.63, 3.8) is 0 Å². The van der Waals surface area contributed by atoms with Gasteiger partial charge in [0.25, 0.3) is 0 Å². The van der Waals surface area contributed by atoms with Gasteiger partial charge in [-0.1, -0.05) is 11.6 Å². The number of halogens is 2. The molecule has 0 aliphatic rings. The van der Waals surface area contributed by atoms with Crippen molar-refractivity contribution in [3.05, 3.63) is 39.8 Å². The highest BCUT2D eigenvalue weighted by atomic mass is 35.5. The largest absolute Gasteiger partial charge is 0.436 e. The summed E-state index contributed by atoms with van der Waals surface area (Å²) in [5.41, 5.74) is 7.85. The van der Waals surface area contributed by atoms with E-state index < -0.39 is 0 Å². The fraction of sp³-hybridized carbons (Fsp3) is 0.167. The van der Waals surface area contributed by atoms with Crippen molar-refractivity contribution in [2.45, 2.75) is 13.8 Å². The zero-order valence-electron chi connectivity index (χ0n) is 9.87. The van der Waals surface area contributed by atoms with E-state index in [1.165, 1.54) is 6.20 Å². The summed E-state index contributed by atoms with van der Waals surface area (Å²) in [5.74, 6) is 0.907. The Hall–Kier alpha value is -1.52. The van der Waals surface area contributed by atoms with Gasteiger partial charge in [0.15, 0.2) is 0 Å². The molecule has 1 heterocycles. The second kappa shape index (κ2) is 5.00. The quantitative estimate of drug-likeness (QED) is 0.852. The molecule has 0 radical (unpaired) electrons. The number of ether oxygens (including phenoxy) is 1. The lowest BCUT2D eigenvalue weighted by molar-refractivity contribution is 0.457. The van der Waals surface area contributed by atoms with E-state index in [0.717, 1.165) is 11.1 Å². The Morgan fingerprint density at radius 2 is 1.78 bits per heavy atom. The van der Waals surface area contributed by atoms with E-state index in [2.05, 4.69) is 9.97 Å². The standard InChI is InChI=1S/C12H11Cl2N3O/c1-6-3-8(13)4-7(2)10(6)18-11-9(15)5-16-12(14)17-11/h3-5H,15H2,1-2H3. The third-order valence-corrected chi connectivity index (χ3v) is 2.78. The zero-order chi connectivity index (χ0) is 13.3. The number of rotatable bonds is 2. The maximum atomic E-state index is 5.95. The predicted octanol–water partition coefficient (Wildman–Crippen LogP) is 3.77. The maximum Gasteiger partial charge on any atom is 0.247 e. The molecular formula is C12H11Cl2N3O. The van der Waals surface area contributed by atoms with Crippen molar-refractivity contribution in [2.75, 3.05) is 5.73 Å². The molecule has 0 aliphatic carbocycles. The molecule has 0 spiro atoms. The first-order valence-electron chi connectivity index (χ1n) is 5.20. The van der Waals surface area contributed by atoms with Gasteiger partial charge in [0.2, 0.25) is 11.2 Å². The first-order chi connectivity index (χ1) is 8.47. The van der Waals surface area contributed by atoms with Crippen LogP contribution < -0.4 is 10.5 Å². The molecular weight excluding hydrogens is 273 g/mol. The van der Waals surface area contributed by atoms with Crippen molar-refractivity contribution in [1.82, 2.24) is 9.97 Å². The average Bonchev–Trinajstić information content (AvgIpc) is 2.28. The number of aryl methyl sites for hydroxylation is 2. The molecule has 4 nitrogen and oxygen atoms in total. The summed E-state index contributed by atoms with van der Waals surface area (Å²) in [6.45, 7) is 3.79. The number of anilines is 1. The van der Waals surface area contributed by atoms with Gasteiger partial charge in [-0.2, -0.15) is 4.98 Å². The topological polar surface area (TPSA) is 61.0 Å². The number of nitrogens with zero attached hydrogens (tertiary/aromatic N) is 2. The van der Waals surface area contributed by atoms with Gasteiger partial charge in [0, 0.05) is 5.02 Å². The lowest BCUT2D eigenvalue weighted by atomic mass is 10.1. The van der Waals surface area contributed by atoms with E-state index in [-0.39, 0.29) is 11.2 Å². The first-order valence-corrected chi connectivity index (χ1v) is 5.95. The molecule has 0 bridgehead atoms. The van der Waals surface area contributed by atoms with E-state index in [4.69, 9.17) is 33.7 Å². The number of aromatic nitrogens is 2. The highest BCUT2D eigenvalue weighted by Crippen LogP contribution is 2.32. The minimum atomic E-state index is 0.0865.